The van der Waals surface area contributed by atoms with Gasteiger partial charge in [-0.2, -0.15) is 0 Å². The number of hydrogen-bond donors (Lipinski definition) is 1. The van der Waals surface area contributed by atoms with E-state index in [1.165, 1.54) is 40.6 Å². The van der Waals surface area contributed by atoms with Gasteiger partial charge in [0.2, 0.25) is 0 Å². The summed E-state index contributed by atoms with van der Waals surface area (Å²) >= 11 is 0. The molecule has 2 rings (SSSR count). The van der Waals surface area contributed by atoms with E-state index < -0.39 is 11.9 Å². The largest absolute Gasteiger partial charge is 0.504 e. The zero-order chi connectivity index (χ0) is 20.7. The van der Waals surface area contributed by atoms with E-state index in [2.05, 4.69) is 4.74 Å². The highest BCUT2D eigenvalue weighted by Crippen LogP contribution is 2.39. The maximum Gasteiger partial charge on any atom is 0.310 e. The Kier molecular flexibility index (Phi) is 7.08. The van der Waals surface area contributed by atoms with Crippen molar-refractivity contribution in [3.05, 3.63) is 41.5 Å². The van der Waals surface area contributed by atoms with Crippen LogP contribution in [0.5, 0.6) is 28.7 Å². The van der Waals surface area contributed by atoms with Crippen LogP contribution in [0.2, 0.25) is 0 Å². The Balaban J connectivity index is 2.44. The van der Waals surface area contributed by atoms with E-state index in [0.29, 0.717) is 22.6 Å². The van der Waals surface area contributed by atoms with E-state index in [1.54, 1.807) is 18.2 Å². The Bertz CT molecular complexity index is 860. The molecule has 0 fully saturated rings. The first-order valence-corrected chi connectivity index (χ1v) is 8.30. The van der Waals surface area contributed by atoms with Crippen molar-refractivity contribution in [2.45, 2.75) is 12.8 Å². The fourth-order valence-corrected chi connectivity index (χ4v) is 2.47. The van der Waals surface area contributed by atoms with Gasteiger partial charge < -0.3 is 28.8 Å². The SMILES string of the molecule is COC(=O)Cc1ccc(O)c(Oc2cc(OC)c(OC)cc2CC(=O)OC)c1. The van der Waals surface area contributed by atoms with E-state index in [0.717, 1.165) is 0 Å². The second kappa shape index (κ2) is 9.50. The first-order valence-electron chi connectivity index (χ1n) is 8.30. The summed E-state index contributed by atoms with van der Waals surface area (Å²) in [6.45, 7) is 0. The molecular formula is C20H22O8. The molecule has 0 bridgehead atoms. The van der Waals surface area contributed by atoms with Crippen LogP contribution in [0.4, 0.5) is 0 Å². The molecule has 150 valence electrons. The number of ether oxygens (including phenoxy) is 5. The van der Waals surface area contributed by atoms with Crippen LogP contribution >= 0.6 is 0 Å². The van der Waals surface area contributed by atoms with Gasteiger partial charge in [0.25, 0.3) is 0 Å². The summed E-state index contributed by atoms with van der Waals surface area (Å²) in [5.74, 6) is 0.157. The summed E-state index contributed by atoms with van der Waals surface area (Å²) in [7, 11) is 5.52. The smallest absolute Gasteiger partial charge is 0.310 e. The zero-order valence-corrected chi connectivity index (χ0v) is 16.1. The molecule has 0 aliphatic carbocycles. The summed E-state index contributed by atoms with van der Waals surface area (Å²) < 4.78 is 25.7. The Labute approximate surface area is 162 Å². The lowest BCUT2D eigenvalue weighted by Crippen LogP contribution is -2.07. The maximum atomic E-state index is 11.8. The standard InChI is InChI=1S/C20H22O8/c1-24-17-9-13(10-20(23)27-4)15(11-18(17)25-2)28-16-7-12(5-6-14(16)21)8-19(22)26-3/h5-7,9,11,21H,8,10H2,1-4H3. The average molecular weight is 390 g/mol. The Morgan fingerprint density at radius 1 is 0.786 bits per heavy atom. The molecular weight excluding hydrogens is 368 g/mol. The number of aromatic hydroxyl groups is 1. The topological polar surface area (TPSA) is 101 Å². The van der Waals surface area contributed by atoms with Gasteiger partial charge in [-0.15, -0.1) is 0 Å². The van der Waals surface area contributed by atoms with Gasteiger partial charge in [0, 0.05) is 11.6 Å². The monoisotopic (exact) mass is 390 g/mol. The number of hydrogen-bond acceptors (Lipinski definition) is 8. The minimum atomic E-state index is -0.472. The van der Waals surface area contributed by atoms with Crippen LogP contribution in [0, 0.1) is 0 Å². The van der Waals surface area contributed by atoms with Crippen molar-refractivity contribution in [1.29, 1.82) is 0 Å². The molecule has 0 saturated heterocycles. The molecule has 28 heavy (non-hydrogen) atoms. The molecule has 0 heterocycles. The van der Waals surface area contributed by atoms with Gasteiger partial charge in [-0.25, -0.2) is 0 Å². The number of carbonyl (C=O) groups excluding carboxylic acids is 2. The van der Waals surface area contributed by atoms with E-state index in [1.807, 2.05) is 0 Å². The van der Waals surface area contributed by atoms with Crippen LogP contribution in [-0.4, -0.2) is 45.5 Å². The molecule has 8 nitrogen and oxygen atoms in total. The number of carbonyl (C=O) groups is 2. The summed E-state index contributed by atoms with van der Waals surface area (Å²) in [6.07, 6.45) is -0.0527. The van der Waals surface area contributed by atoms with Gasteiger partial charge >= 0.3 is 11.9 Å². The molecule has 2 aromatic rings. The highest BCUT2D eigenvalue weighted by Gasteiger charge is 2.18. The van der Waals surface area contributed by atoms with Crippen LogP contribution in [0.1, 0.15) is 11.1 Å². The first-order chi connectivity index (χ1) is 13.4. The fourth-order valence-electron chi connectivity index (χ4n) is 2.47. The van der Waals surface area contributed by atoms with Crippen molar-refractivity contribution in [3.63, 3.8) is 0 Å². The maximum absolute atomic E-state index is 11.8. The molecule has 0 aromatic heterocycles. The van der Waals surface area contributed by atoms with Crippen molar-refractivity contribution in [1.82, 2.24) is 0 Å². The van der Waals surface area contributed by atoms with Gasteiger partial charge in [0.15, 0.2) is 23.0 Å². The van der Waals surface area contributed by atoms with Gasteiger partial charge in [0.05, 0.1) is 41.3 Å². The third kappa shape index (κ3) is 5.06. The van der Waals surface area contributed by atoms with Crippen LogP contribution in [0.25, 0.3) is 0 Å². The number of esters is 2. The minimum Gasteiger partial charge on any atom is -0.504 e. The Hall–Kier alpha value is -3.42. The number of phenolic OH excluding ortho intramolecular Hbond substituents is 1. The number of benzene rings is 2. The third-order valence-corrected chi connectivity index (χ3v) is 3.95. The molecule has 0 saturated carbocycles. The molecule has 0 aliphatic rings. The molecule has 0 unspecified atom stereocenters. The summed E-state index contributed by atoms with van der Waals surface area (Å²) in [5, 5.41) is 10.1. The quantitative estimate of drug-likeness (QED) is 0.687. The van der Waals surface area contributed by atoms with Gasteiger partial charge in [-0.3, -0.25) is 9.59 Å². The number of phenols is 1. The molecule has 0 spiro atoms. The lowest BCUT2D eigenvalue weighted by atomic mass is 10.1. The highest BCUT2D eigenvalue weighted by molar-refractivity contribution is 5.74. The summed E-state index contributed by atoms with van der Waals surface area (Å²) in [6, 6.07) is 7.66. The molecule has 0 atom stereocenters. The Morgan fingerprint density at radius 2 is 1.39 bits per heavy atom. The lowest BCUT2D eigenvalue weighted by molar-refractivity contribution is -0.140. The van der Waals surface area contributed by atoms with Crippen molar-refractivity contribution in [2.75, 3.05) is 28.4 Å². The van der Waals surface area contributed by atoms with Gasteiger partial charge in [0.1, 0.15) is 5.75 Å². The van der Waals surface area contributed by atoms with Crippen LogP contribution in [0.3, 0.4) is 0 Å². The van der Waals surface area contributed by atoms with Gasteiger partial charge in [-0.05, 0) is 23.8 Å². The molecule has 0 radical (unpaired) electrons. The second-order valence-corrected chi connectivity index (χ2v) is 5.72. The van der Waals surface area contributed by atoms with Crippen molar-refractivity contribution >= 4 is 11.9 Å². The summed E-state index contributed by atoms with van der Waals surface area (Å²) in [5.41, 5.74) is 1.07. The van der Waals surface area contributed by atoms with Gasteiger partial charge in [-0.1, -0.05) is 6.07 Å². The van der Waals surface area contributed by atoms with Crippen molar-refractivity contribution < 1.29 is 38.4 Å². The average Bonchev–Trinajstić information content (AvgIpc) is 2.70. The normalized spacial score (nSPS) is 10.1. The lowest BCUT2D eigenvalue weighted by Gasteiger charge is -2.16. The van der Waals surface area contributed by atoms with Crippen LogP contribution < -0.4 is 14.2 Å². The van der Waals surface area contributed by atoms with E-state index in [9.17, 15) is 14.7 Å². The molecule has 2 aromatic carbocycles. The third-order valence-electron chi connectivity index (χ3n) is 3.95. The fraction of sp³-hybridized carbons (Fsp3) is 0.300. The zero-order valence-electron chi connectivity index (χ0n) is 16.1. The van der Waals surface area contributed by atoms with Crippen molar-refractivity contribution in [3.8, 4) is 28.7 Å². The van der Waals surface area contributed by atoms with Crippen molar-refractivity contribution in [2.24, 2.45) is 0 Å². The van der Waals surface area contributed by atoms with Crippen LogP contribution in [0.15, 0.2) is 30.3 Å². The predicted octanol–water partition coefficient (Wildman–Crippen LogP) is 2.63. The van der Waals surface area contributed by atoms with E-state index >= 15 is 0 Å². The van der Waals surface area contributed by atoms with Crippen LogP contribution in [-0.2, 0) is 31.9 Å². The highest BCUT2D eigenvalue weighted by atomic mass is 16.5. The molecule has 0 aliphatic heterocycles. The summed E-state index contributed by atoms with van der Waals surface area (Å²) in [4.78, 5) is 23.3. The Morgan fingerprint density at radius 3 is 2.00 bits per heavy atom. The first kappa shape index (κ1) is 20.9. The molecule has 0 amide bonds. The minimum absolute atomic E-state index is 0.0219. The predicted molar refractivity (Wildman–Crippen MR) is 99.2 cm³/mol. The van der Waals surface area contributed by atoms with E-state index in [4.69, 9.17) is 18.9 Å². The molecule has 1 N–H and O–H groups in total. The number of rotatable bonds is 8. The van der Waals surface area contributed by atoms with E-state index in [-0.39, 0.29) is 30.1 Å². The molecule has 8 heteroatoms. The second-order valence-electron chi connectivity index (χ2n) is 5.72. The number of methoxy groups -OCH3 is 4.